The largest absolute Gasteiger partial charge is 0.356 e. The summed E-state index contributed by atoms with van der Waals surface area (Å²) in [5, 5.41) is 5.81. The standard InChI is InChI=1S/C12H19N3O3/c1-9(16)15(14-7-3-5-12(14)18)10-4-2-6-13-11(17)8-10/h10H,2-8H2,1H3,(H,13,17)/t10-/m0/s1. The first-order chi connectivity index (χ1) is 8.59. The lowest BCUT2D eigenvalue weighted by molar-refractivity contribution is -0.164. The van der Waals surface area contributed by atoms with Gasteiger partial charge in [-0.3, -0.25) is 19.4 Å². The third-order valence-corrected chi connectivity index (χ3v) is 3.43. The van der Waals surface area contributed by atoms with Crippen LogP contribution in [0.25, 0.3) is 0 Å². The van der Waals surface area contributed by atoms with E-state index < -0.39 is 0 Å². The summed E-state index contributed by atoms with van der Waals surface area (Å²) in [5.41, 5.74) is 0. The zero-order valence-corrected chi connectivity index (χ0v) is 10.6. The maximum atomic E-state index is 11.8. The maximum Gasteiger partial charge on any atom is 0.241 e. The van der Waals surface area contributed by atoms with Gasteiger partial charge < -0.3 is 5.32 Å². The van der Waals surface area contributed by atoms with E-state index in [0.717, 1.165) is 19.3 Å². The van der Waals surface area contributed by atoms with E-state index in [1.165, 1.54) is 16.9 Å². The summed E-state index contributed by atoms with van der Waals surface area (Å²) in [7, 11) is 0. The number of carbonyl (C=O) groups is 3. The van der Waals surface area contributed by atoms with E-state index in [2.05, 4.69) is 5.32 Å². The molecule has 3 amide bonds. The Balaban J connectivity index is 2.15. The van der Waals surface area contributed by atoms with Crippen LogP contribution < -0.4 is 5.32 Å². The number of amides is 3. The molecule has 18 heavy (non-hydrogen) atoms. The number of rotatable bonds is 2. The van der Waals surface area contributed by atoms with Crippen molar-refractivity contribution in [1.82, 2.24) is 15.3 Å². The van der Waals surface area contributed by atoms with Gasteiger partial charge in [0.15, 0.2) is 0 Å². The fourth-order valence-corrected chi connectivity index (χ4v) is 2.65. The average molecular weight is 253 g/mol. The molecule has 2 saturated heterocycles. The lowest BCUT2D eigenvalue weighted by Gasteiger charge is -2.36. The van der Waals surface area contributed by atoms with Gasteiger partial charge in [-0.1, -0.05) is 0 Å². The smallest absolute Gasteiger partial charge is 0.241 e. The lowest BCUT2D eigenvalue weighted by Crippen LogP contribution is -2.52. The monoisotopic (exact) mass is 253 g/mol. The number of nitrogens with one attached hydrogen (secondary N) is 1. The van der Waals surface area contributed by atoms with Gasteiger partial charge in [0, 0.05) is 32.9 Å². The van der Waals surface area contributed by atoms with Crippen LogP contribution in [0.15, 0.2) is 0 Å². The molecular formula is C12H19N3O3. The van der Waals surface area contributed by atoms with Gasteiger partial charge >= 0.3 is 0 Å². The normalized spacial score (nSPS) is 24.7. The van der Waals surface area contributed by atoms with Crippen LogP contribution in [0.5, 0.6) is 0 Å². The molecule has 2 aliphatic rings. The van der Waals surface area contributed by atoms with Crippen molar-refractivity contribution in [3.05, 3.63) is 0 Å². The minimum absolute atomic E-state index is 0.0187. The second-order valence-corrected chi connectivity index (χ2v) is 4.83. The zero-order chi connectivity index (χ0) is 13.1. The molecular weight excluding hydrogens is 234 g/mol. The van der Waals surface area contributed by atoms with Crippen molar-refractivity contribution in [2.45, 2.75) is 45.1 Å². The highest BCUT2D eigenvalue weighted by Gasteiger charge is 2.34. The van der Waals surface area contributed by atoms with Gasteiger partial charge in [0.1, 0.15) is 0 Å². The molecule has 1 N–H and O–H groups in total. The molecule has 0 bridgehead atoms. The Hall–Kier alpha value is -1.59. The van der Waals surface area contributed by atoms with E-state index >= 15 is 0 Å². The average Bonchev–Trinajstić information content (AvgIpc) is 2.59. The van der Waals surface area contributed by atoms with Crippen molar-refractivity contribution < 1.29 is 14.4 Å². The minimum Gasteiger partial charge on any atom is -0.356 e. The fourth-order valence-electron chi connectivity index (χ4n) is 2.65. The highest BCUT2D eigenvalue weighted by atomic mass is 16.2. The Morgan fingerprint density at radius 2 is 2.17 bits per heavy atom. The molecule has 0 aromatic heterocycles. The number of carbonyl (C=O) groups excluding carboxylic acids is 3. The minimum atomic E-state index is -0.188. The zero-order valence-electron chi connectivity index (χ0n) is 10.6. The summed E-state index contributed by atoms with van der Waals surface area (Å²) in [4.78, 5) is 35.1. The lowest BCUT2D eigenvalue weighted by atomic mass is 10.1. The van der Waals surface area contributed by atoms with E-state index in [-0.39, 0.29) is 30.2 Å². The summed E-state index contributed by atoms with van der Waals surface area (Å²) in [6.07, 6.45) is 3.14. The molecule has 0 spiro atoms. The molecule has 100 valence electrons. The molecule has 2 aliphatic heterocycles. The van der Waals surface area contributed by atoms with Crippen LogP contribution in [0.4, 0.5) is 0 Å². The Kier molecular flexibility index (Phi) is 3.84. The second kappa shape index (κ2) is 5.37. The van der Waals surface area contributed by atoms with Crippen LogP contribution in [-0.2, 0) is 14.4 Å². The first-order valence-electron chi connectivity index (χ1n) is 6.46. The molecule has 6 nitrogen and oxygen atoms in total. The van der Waals surface area contributed by atoms with Gasteiger partial charge in [-0.25, -0.2) is 5.01 Å². The molecule has 2 fully saturated rings. The Morgan fingerprint density at radius 1 is 1.39 bits per heavy atom. The van der Waals surface area contributed by atoms with Gasteiger partial charge in [-0.2, -0.15) is 0 Å². The van der Waals surface area contributed by atoms with Crippen molar-refractivity contribution in [3.8, 4) is 0 Å². The van der Waals surface area contributed by atoms with Crippen LogP contribution >= 0.6 is 0 Å². The summed E-state index contributed by atoms with van der Waals surface area (Å²) in [5.74, 6) is -0.227. The summed E-state index contributed by atoms with van der Waals surface area (Å²) >= 11 is 0. The molecule has 2 rings (SSSR count). The molecule has 0 saturated carbocycles. The van der Waals surface area contributed by atoms with Crippen molar-refractivity contribution in [2.75, 3.05) is 13.1 Å². The van der Waals surface area contributed by atoms with Gasteiger partial charge in [0.05, 0.1) is 6.04 Å². The van der Waals surface area contributed by atoms with Crippen molar-refractivity contribution in [1.29, 1.82) is 0 Å². The summed E-state index contributed by atoms with van der Waals surface area (Å²) < 4.78 is 0. The number of nitrogens with zero attached hydrogens (tertiary/aromatic N) is 2. The van der Waals surface area contributed by atoms with Gasteiger partial charge in [0.25, 0.3) is 0 Å². The molecule has 0 aliphatic carbocycles. The highest BCUT2D eigenvalue weighted by Crippen LogP contribution is 2.21. The van der Waals surface area contributed by atoms with E-state index in [0.29, 0.717) is 19.5 Å². The van der Waals surface area contributed by atoms with Gasteiger partial charge in [-0.15, -0.1) is 0 Å². The molecule has 1 atom stereocenters. The predicted molar refractivity (Wildman–Crippen MR) is 64.1 cm³/mol. The fraction of sp³-hybridized carbons (Fsp3) is 0.750. The van der Waals surface area contributed by atoms with E-state index in [9.17, 15) is 14.4 Å². The highest BCUT2D eigenvalue weighted by molar-refractivity contribution is 5.83. The van der Waals surface area contributed by atoms with Crippen molar-refractivity contribution >= 4 is 17.7 Å². The molecule has 0 aromatic rings. The van der Waals surface area contributed by atoms with Crippen molar-refractivity contribution in [3.63, 3.8) is 0 Å². The van der Waals surface area contributed by atoms with E-state index in [1.807, 2.05) is 0 Å². The van der Waals surface area contributed by atoms with E-state index in [4.69, 9.17) is 0 Å². The number of hydrogen-bond donors (Lipinski definition) is 1. The Bertz CT molecular complexity index is 370. The third kappa shape index (κ3) is 2.63. The molecule has 0 radical (unpaired) electrons. The molecule has 0 aromatic carbocycles. The quantitative estimate of drug-likeness (QED) is 0.755. The third-order valence-electron chi connectivity index (χ3n) is 3.43. The number of hydrogen-bond acceptors (Lipinski definition) is 3. The first kappa shape index (κ1) is 12.9. The van der Waals surface area contributed by atoms with Crippen LogP contribution in [0.1, 0.15) is 39.0 Å². The number of hydrazine groups is 1. The SMILES string of the molecule is CC(=O)N([C@H]1CCCNC(=O)C1)N1CCCC1=O. The van der Waals surface area contributed by atoms with Crippen LogP contribution in [0, 0.1) is 0 Å². The first-order valence-corrected chi connectivity index (χ1v) is 6.46. The molecule has 0 unspecified atom stereocenters. The van der Waals surface area contributed by atoms with Crippen LogP contribution in [-0.4, -0.2) is 46.9 Å². The second-order valence-electron chi connectivity index (χ2n) is 4.83. The summed E-state index contributed by atoms with van der Waals surface area (Å²) in [6.45, 7) is 2.68. The maximum absolute atomic E-state index is 11.8. The Morgan fingerprint density at radius 3 is 2.78 bits per heavy atom. The van der Waals surface area contributed by atoms with Crippen molar-refractivity contribution in [2.24, 2.45) is 0 Å². The van der Waals surface area contributed by atoms with Gasteiger partial charge in [0.2, 0.25) is 17.7 Å². The predicted octanol–water partition coefficient (Wildman–Crippen LogP) is 0.0410. The summed E-state index contributed by atoms with van der Waals surface area (Å²) in [6, 6.07) is -0.188. The van der Waals surface area contributed by atoms with E-state index in [1.54, 1.807) is 0 Å². The van der Waals surface area contributed by atoms with Crippen LogP contribution in [0.3, 0.4) is 0 Å². The Labute approximate surface area is 106 Å². The van der Waals surface area contributed by atoms with Gasteiger partial charge in [-0.05, 0) is 19.3 Å². The molecule has 6 heteroatoms. The molecule has 2 heterocycles. The van der Waals surface area contributed by atoms with Crippen LogP contribution in [0.2, 0.25) is 0 Å². The topological polar surface area (TPSA) is 69.7 Å².